The van der Waals surface area contributed by atoms with Crippen molar-refractivity contribution in [1.82, 2.24) is 9.47 Å². The highest BCUT2D eigenvalue weighted by atomic mass is 16.1. The van der Waals surface area contributed by atoms with E-state index in [1.165, 1.54) is 0 Å². The lowest BCUT2D eigenvalue weighted by Crippen LogP contribution is -2.43. The quantitative estimate of drug-likeness (QED) is 0.714. The molecule has 0 aliphatic carbocycles. The van der Waals surface area contributed by atoms with Crippen LogP contribution in [0.3, 0.4) is 0 Å². The number of aryl methyl sites for hydroxylation is 1. The highest BCUT2D eigenvalue weighted by Crippen LogP contribution is 2.16. The number of likely N-dealkylation sites (N-methyl/N-ethyl adjacent to an activating group) is 1. The molecule has 1 aromatic heterocycles. The second kappa shape index (κ2) is 4.83. The van der Waals surface area contributed by atoms with Gasteiger partial charge in [-0.2, -0.15) is 0 Å². The fourth-order valence-corrected chi connectivity index (χ4v) is 1.46. The molecule has 0 spiro atoms. The summed E-state index contributed by atoms with van der Waals surface area (Å²) >= 11 is 0. The summed E-state index contributed by atoms with van der Waals surface area (Å²) in [5.41, 5.74) is 0.867. The molecule has 0 radical (unpaired) electrons. The fraction of sp³-hybridized carbons (Fsp3) is 0.615. The summed E-state index contributed by atoms with van der Waals surface area (Å²) < 4.78 is 1.90. The van der Waals surface area contributed by atoms with Crippen molar-refractivity contribution in [3.63, 3.8) is 0 Å². The Kier molecular flexibility index (Phi) is 3.92. The summed E-state index contributed by atoms with van der Waals surface area (Å²) in [6, 6.07) is 1.87. The summed E-state index contributed by atoms with van der Waals surface area (Å²) in [5, 5.41) is 0. The summed E-state index contributed by atoms with van der Waals surface area (Å²) in [5.74, 6) is 0.185. The Morgan fingerprint density at radius 3 is 2.56 bits per heavy atom. The molecule has 0 amide bonds. The molecule has 1 rings (SSSR count). The normalized spacial score (nSPS) is 12.1. The van der Waals surface area contributed by atoms with Gasteiger partial charge in [-0.05, 0) is 33.4 Å². The van der Waals surface area contributed by atoms with E-state index in [0.717, 1.165) is 12.0 Å². The average molecular weight is 222 g/mol. The maximum absolute atomic E-state index is 12.0. The number of aromatic nitrogens is 1. The van der Waals surface area contributed by atoms with E-state index in [0.29, 0.717) is 6.54 Å². The second-order valence-electron chi connectivity index (χ2n) is 5.01. The van der Waals surface area contributed by atoms with Gasteiger partial charge in [0.25, 0.3) is 0 Å². The van der Waals surface area contributed by atoms with E-state index in [1.807, 2.05) is 37.1 Å². The lowest BCUT2D eigenvalue weighted by molar-refractivity contribution is 0.0847. The van der Waals surface area contributed by atoms with E-state index in [2.05, 4.69) is 25.7 Å². The number of rotatable bonds is 5. The summed E-state index contributed by atoms with van der Waals surface area (Å²) in [4.78, 5) is 14.1. The molecular weight excluding hydrogens is 200 g/mol. The molecule has 0 aromatic carbocycles. The van der Waals surface area contributed by atoms with Gasteiger partial charge >= 0.3 is 0 Å². The number of ketones is 1. The van der Waals surface area contributed by atoms with Crippen LogP contribution in [-0.4, -0.2) is 34.4 Å². The molecule has 0 fully saturated rings. The minimum atomic E-state index is 0.0738. The van der Waals surface area contributed by atoms with Crippen molar-refractivity contribution in [2.24, 2.45) is 7.05 Å². The first-order chi connectivity index (χ1) is 7.36. The molecule has 0 aliphatic rings. The molecule has 16 heavy (non-hydrogen) atoms. The third-order valence-electron chi connectivity index (χ3n) is 3.43. The number of Topliss-reactive ketones (excluding diaryl/α,β-unsaturated/α-hetero) is 1. The molecule has 0 unspecified atom stereocenters. The van der Waals surface area contributed by atoms with Gasteiger partial charge in [0.15, 0.2) is 5.78 Å². The smallest absolute Gasteiger partial charge is 0.178 e. The third-order valence-corrected chi connectivity index (χ3v) is 3.43. The van der Waals surface area contributed by atoms with Crippen LogP contribution in [0, 0.1) is 0 Å². The van der Waals surface area contributed by atoms with Crippen molar-refractivity contribution in [3.8, 4) is 0 Å². The summed E-state index contributed by atoms with van der Waals surface area (Å²) in [7, 11) is 3.93. The molecule has 0 saturated heterocycles. The van der Waals surface area contributed by atoms with Crippen LogP contribution in [0.2, 0.25) is 0 Å². The maximum atomic E-state index is 12.0. The van der Waals surface area contributed by atoms with Crippen LogP contribution in [0.15, 0.2) is 18.5 Å². The van der Waals surface area contributed by atoms with Gasteiger partial charge in [-0.15, -0.1) is 0 Å². The molecule has 0 bridgehead atoms. The lowest BCUT2D eigenvalue weighted by atomic mass is 9.99. The minimum absolute atomic E-state index is 0.0738. The van der Waals surface area contributed by atoms with Crippen molar-refractivity contribution in [1.29, 1.82) is 0 Å². The Morgan fingerprint density at radius 2 is 2.12 bits per heavy atom. The first-order valence-corrected chi connectivity index (χ1v) is 5.73. The SMILES string of the molecule is CCC(C)(C)N(C)CC(=O)c1ccn(C)c1. The zero-order valence-corrected chi connectivity index (χ0v) is 10.9. The van der Waals surface area contributed by atoms with Gasteiger partial charge in [-0.25, -0.2) is 0 Å². The van der Waals surface area contributed by atoms with Gasteiger partial charge < -0.3 is 4.57 Å². The number of nitrogens with zero attached hydrogens (tertiary/aromatic N) is 2. The standard InChI is InChI=1S/C13H22N2O/c1-6-13(2,3)15(5)10-12(16)11-7-8-14(4)9-11/h7-9H,6,10H2,1-5H3. The predicted octanol–water partition coefficient (Wildman–Crippen LogP) is 2.33. The highest BCUT2D eigenvalue weighted by Gasteiger charge is 2.23. The van der Waals surface area contributed by atoms with E-state index >= 15 is 0 Å². The van der Waals surface area contributed by atoms with Gasteiger partial charge in [0.05, 0.1) is 6.54 Å². The van der Waals surface area contributed by atoms with Crippen LogP contribution in [-0.2, 0) is 7.05 Å². The first-order valence-electron chi connectivity index (χ1n) is 5.73. The maximum Gasteiger partial charge on any atom is 0.178 e. The first kappa shape index (κ1) is 13.0. The van der Waals surface area contributed by atoms with E-state index in [1.54, 1.807) is 0 Å². The highest BCUT2D eigenvalue weighted by molar-refractivity contribution is 5.97. The van der Waals surface area contributed by atoms with Crippen molar-refractivity contribution < 1.29 is 4.79 Å². The van der Waals surface area contributed by atoms with Crippen molar-refractivity contribution in [2.45, 2.75) is 32.7 Å². The van der Waals surface area contributed by atoms with Crippen LogP contribution >= 0.6 is 0 Å². The topological polar surface area (TPSA) is 25.2 Å². The molecule has 0 saturated carbocycles. The van der Waals surface area contributed by atoms with Crippen molar-refractivity contribution in [3.05, 3.63) is 24.0 Å². The summed E-state index contributed by atoms with van der Waals surface area (Å²) in [6.45, 7) is 6.94. The third kappa shape index (κ3) is 2.95. The van der Waals surface area contributed by atoms with E-state index in [-0.39, 0.29) is 11.3 Å². The number of carbonyl (C=O) groups excluding carboxylic acids is 1. The van der Waals surface area contributed by atoms with Gasteiger partial charge in [-0.1, -0.05) is 6.92 Å². The molecule has 3 heteroatoms. The Morgan fingerprint density at radius 1 is 1.50 bits per heavy atom. The number of hydrogen-bond donors (Lipinski definition) is 0. The van der Waals surface area contributed by atoms with E-state index in [4.69, 9.17) is 0 Å². The predicted molar refractivity (Wildman–Crippen MR) is 66.7 cm³/mol. The van der Waals surface area contributed by atoms with Crippen LogP contribution in [0.1, 0.15) is 37.6 Å². The molecule has 0 atom stereocenters. The molecule has 3 nitrogen and oxygen atoms in total. The molecule has 0 N–H and O–H groups in total. The van der Waals surface area contributed by atoms with Gasteiger partial charge in [0.2, 0.25) is 0 Å². The van der Waals surface area contributed by atoms with Crippen LogP contribution < -0.4 is 0 Å². The second-order valence-corrected chi connectivity index (χ2v) is 5.01. The number of hydrogen-bond acceptors (Lipinski definition) is 2. The largest absolute Gasteiger partial charge is 0.357 e. The molecule has 1 heterocycles. The molecule has 90 valence electrons. The van der Waals surface area contributed by atoms with E-state index in [9.17, 15) is 4.79 Å². The zero-order valence-electron chi connectivity index (χ0n) is 10.9. The fourth-order valence-electron chi connectivity index (χ4n) is 1.46. The van der Waals surface area contributed by atoms with Gasteiger partial charge in [0.1, 0.15) is 0 Å². The minimum Gasteiger partial charge on any atom is -0.357 e. The Hall–Kier alpha value is -1.09. The lowest BCUT2D eigenvalue weighted by Gasteiger charge is -2.34. The zero-order chi connectivity index (χ0) is 12.3. The van der Waals surface area contributed by atoms with Crippen molar-refractivity contribution >= 4 is 5.78 Å². The monoisotopic (exact) mass is 222 g/mol. The van der Waals surface area contributed by atoms with Gasteiger partial charge in [-0.3, -0.25) is 9.69 Å². The van der Waals surface area contributed by atoms with Crippen LogP contribution in [0.25, 0.3) is 0 Å². The molecule has 0 aliphatic heterocycles. The summed E-state index contributed by atoms with van der Waals surface area (Å²) in [6.07, 6.45) is 4.80. The number of carbonyl (C=O) groups is 1. The molecule has 1 aromatic rings. The van der Waals surface area contributed by atoms with Crippen molar-refractivity contribution in [2.75, 3.05) is 13.6 Å². The Bertz CT molecular complexity index is 366. The Labute approximate surface area is 98.1 Å². The van der Waals surface area contributed by atoms with Crippen LogP contribution in [0.5, 0.6) is 0 Å². The van der Waals surface area contributed by atoms with Crippen LogP contribution in [0.4, 0.5) is 0 Å². The van der Waals surface area contributed by atoms with Gasteiger partial charge in [0, 0.05) is 30.5 Å². The molecular formula is C13H22N2O. The Balaban J connectivity index is 2.65. The average Bonchev–Trinajstić information content (AvgIpc) is 2.64. The van der Waals surface area contributed by atoms with E-state index < -0.39 is 0 Å².